The highest BCUT2D eigenvalue weighted by Gasteiger charge is 2.16. The number of hydrogen-bond acceptors (Lipinski definition) is 4. The predicted octanol–water partition coefficient (Wildman–Crippen LogP) is 3.04. The van der Waals surface area contributed by atoms with Gasteiger partial charge in [-0.1, -0.05) is 29.3 Å². The summed E-state index contributed by atoms with van der Waals surface area (Å²) in [4.78, 5) is 3.74. The molecule has 0 aliphatic rings. The monoisotopic (exact) mass is 332 g/mol. The van der Waals surface area contributed by atoms with Crippen LogP contribution in [0.25, 0.3) is 0 Å². The molecule has 8 heteroatoms. The van der Waals surface area contributed by atoms with Crippen LogP contribution < -0.4 is 4.72 Å². The number of anilines is 1. The molecule has 0 fully saturated rings. The van der Waals surface area contributed by atoms with E-state index in [1.807, 2.05) is 0 Å². The summed E-state index contributed by atoms with van der Waals surface area (Å²) in [7, 11) is -3.72. The second-order valence-corrected chi connectivity index (χ2v) is 6.56. The lowest BCUT2D eigenvalue weighted by molar-refractivity contribution is 0.477. The molecule has 0 unspecified atom stereocenters. The molecule has 0 bridgehead atoms. The predicted molar refractivity (Wildman–Crippen MR) is 78.6 cm³/mol. The summed E-state index contributed by atoms with van der Waals surface area (Å²) in [5, 5.41) is 10.2. The van der Waals surface area contributed by atoms with Crippen LogP contribution in [0.3, 0.4) is 0 Å². The number of nitrogens with zero attached hydrogens (tertiary/aromatic N) is 1. The summed E-state index contributed by atoms with van der Waals surface area (Å²) in [6.07, 6.45) is 2.57. The largest absolute Gasteiger partial charge is 0.506 e. The maximum Gasteiger partial charge on any atom is 0.237 e. The summed E-state index contributed by atoms with van der Waals surface area (Å²) in [5.74, 6) is -0.539. The molecule has 20 heavy (non-hydrogen) atoms. The molecular weight excluding hydrogens is 323 g/mol. The number of halogens is 2. The highest BCUT2D eigenvalue weighted by molar-refractivity contribution is 7.91. The van der Waals surface area contributed by atoms with E-state index in [0.717, 1.165) is 0 Å². The van der Waals surface area contributed by atoms with E-state index >= 15 is 0 Å². The molecule has 2 rings (SSSR count). The molecule has 0 aliphatic heterocycles. The molecule has 0 saturated carbocycles. The third-order valence-electron chi connectivity index (χ3n) is 2.42. The fourth-order valence-corrected chi connectivity index (χ4v) is 3.29. The van der Waals surface area contributed by atoms with E-state index in [9.17, 15) is 13.5 Å². The molecule has 0 saturated heterocycles. The highest BCUT2D eigenvalue weighted by atomic mass is 35.5. The van der Waals surface area contributed by atoms with Gasteiger partial charge in [0.05, 0.1) is 11.9 Å². The standard InChI is InChI=1S/C12H10Cl2N2O3S/c13-9-2-1-8(10(14)5-9)7-20(18,19)16-11-6-15-4-3-12(11)17/h1-6,16H,7H2,(H,15,17). The summed E-state index contributed by atoms with van der Waals surface area (Å²) in [6.45, 7) is 0. The number of rotatable bonds is 4. The number of pyridine rings is 1. The molecule has 106 valence electrons. The van der Waals surface area contributed by atoms with E-state index in [2.05, 4.69) is 9.71 Å². The van der Waals surface area contributed by atoms with Gasteiger partial charge in [-0.25, -0.2) is 8.42 Å². The summed E-state index contributed by atoms with van der Waals surface area (Å²) in [5.41, 5.74) is 0.421. The SMILES string of the molecule is O=S(=O)(Cc1ccc(Cl)cc1Cl)Nc1cnccc1O. The van der Waals surface area contributed by atoms with Crippen LogP contribution in [0.1, 0.15) is 5.56 Å². The number of aromatic hydroxyl groups is 1. The molecular formula is C12H10Cl2N2O3S. The van der Waals surface area contributed by atoms with Crippen molar-refractivity contribution in [3.05, 3.63) is 52.3 Å². The van der Waals surface area contributed by atoms with Crippen LogP contribution in [-0.4, -0.2) is 18.5 Å². The van der Waals surface area contributed by atoms with E-state index in [1.54, 1.807) is 6.07 Å². The van der Waals surface area contributed by atoms with Crippen LogP contribution in [0, 0.1) is 0 Å². The number of sulfonamides is 1. The van der Waals surface area contributed by atoms with Crippen molar-refractivity contribution in [1.82, 2.24) is 4.98 Å². The van der Waals surface area contributed by atoms with Gasteiger partial charge in [-0.15, -0.1) is 0 Å². The Kier molecular flexibility index (Phi) is 4.37. The Hall–Kier alpha value is -1.50. The molecule has 0 radical (unpaired) electrons. The van der Waals surface area contributed by atoms with Crippen LogP contribution in [0.15, 0.2) is 36.7 Å². The van der Waals surface area contributed by atoms with Crippen molar-refractivity contribution in [2.24, 2.45) is 0 Å². The Balaban J connectivity index is 2.22. The first-order valence-electron chi connectivity index (χ1n) is 5.45. The summed E-state index contributed by atoms with van der Waals surface area (Å²) >= 11 is 11.7. The molecule has 5 nitrogen and oxygen atoms in total. The van der Waals surface area contributed by atoms with Gasteiger partial charge in [-0.3, -0.25) is 9.71 Å². The zero-order chi connectivity index (χ0) is 14.8. The molecule has 0 amide bonds. The van der Waals surface area contributed by atoms with Gasteiger partial charge in [0, 0.05) is 22.3 Å². The van der Waals surface area contributed by atoms with Gasteiger partial charge in [0.1, 0.15) is 11.4 Å². The molecule has 2 aromatic rings. The first-order chi connectivity index (χ1) is 9.37. The van der Waals surface area contributed by atoms with Gasteiger partial charge in [0.15, 0.2) is 0 Å². The fourth-order valence-electron chi connectivity index (χ4n) is 1.51. The minimum Gasteiger partial charge on any atom is -0.506 e. The first kappa shape index (κ1) is 14.9. The molecule has 2 N–H and O–H groups in total. The average molecular weight is 333 g/mol. The minimum absolute atomic E-state index is 0.0117. The Morgan fingerprint density at radius 2 is 2.00 bits per heavy atom. The van der Waals surface area contributed by atoms with E-state index in [1.165, 1.54) is 30.6 Å². The van der Waals surface area contributed by atoms with Crippen molar-refractivity contribution < 1.29 is 13.5 Å². The van der Waals surface area contributed by atoms with Crippen LogP contribution in [0.4, 0.5) is 5.69 Å². The lowest BCUT2D eigenvalue weighted by Gasteiger charge is -2.10. The average Bonchev–Trinajstić information content (AvgIpc) is 2.35. The van der Waals surface area contributed by atoms with Crippen molar-refractivity contribution in [3.8, 4) is 5.75 Å². The lowest BCUT2D eigenvalue weighted by atomic mass is 10.2. The van der Waals surface area contributed by atoms with Gasteiger partial charge in [0.25, 0.3) is 0 Å². The Morgan fingerprint density at radius 1 is 1.25 bits per heavy atom. The lowest BCUT2D eigenvalue weighted by Crippen LogP contribution is -2.15. The van der Waals surface area contributed by atoms with Gasteiger partial charge in [0.2, 0.25) is 10.0 Å². The van der Waals surface area contributed by atoms with Gasteiger partial charge in [-0.05, 0) is 17.7 Å². The molecule has 1 heterocycles. The second kappa shape index (κ2) is 5.87. The normalized spacial score (nSPS) is 11.3. The van der Waals surface area contributed by atoms with Crippen LogP contribution in [0.2, 0.25) is 10.0 Å². The Labute approximate surface area is 126 Å². The van der Waals surface area contributed by atoms with Crippen LogP contribution in [0.5, 0.6) is 5.75 Å². The molecule has 1 aromatic carbocycles. The third-order valence-corrected chi connectivity index (χ3v) is 4.23. The van der Waals surface area contributed by atoms with Crippen LogP contribution in [-0.2, 0) is 15.8 Å². The fraction of sp³-hybridized carbons (Fsp3) is 0.0833. The maximum atomic E-state index is 12.0. The molecule has 1 aromatic heterocycles. The van der Waals surface area contributed by atoms with Crippen molar-refractivity contribution in [2.75, 3.05) is 4.72 Å². The molecule has 0 spiro atoms. The first-order valence-corrected chi connectivity index (χ1v) is 7.85. The van der Waals surface area contributed by atoms with E-state index in [-0.39, 0.29) is 22.2 Å². The quantitative estimate of drug-likeness (QED) is 0.901. The molecule has 0 atom stereocenters. The highest BCUT2D eigenvalue weighted by Crippen LogP contribution is 2.25. The topological polar surface area (TPSA) is 79.3 Å². The van der Waals surface area contributed by atoms with Crippen molar-refractivity contribution in [2.45, 2.75) is 5.75 Å². The second-order valence-electron chi connectivity index (χ2n) is 3.99. The number of benzene rings is 1. The number of nitrogens with one attached hydrogen (secondary N) is 1. The summed E-state index contributed by atoms with van der Waals surface area (Å²) < 4.78 is 26.3. The smallest absolute Gasteiger partial charge is 0.237 e. The maximum absolute atomic E-state index is 12.0. The van der Waals surface area contributed by atoms with E-state index < -0.39 is 10.0 Å². The van der Waals surface area contributed by atoms with Gasteiger partial charge in [-0.2, -0.15) is 0 Å². The van der Waals surface area contributed by atoms with Crippen LogP contribution >= 0.6 is 23.2 Å². The van der Waals surface area contributed by atoms with E-state index in [0.29, 0.717) is 10.6 Å². The third kappa shape index (κ3) is 3.75. The van der Waals surface area contributed by atoms with E-state index in [4.69, 9.17) is 23.2 Å². The number of hydrogen-bond donors (Lipinski definition) is 2. The number of aromatic nitrogens is 1. The Bertz CT molecular complexity index is 735. The van der Waals surface area contributed by atoms with Gasteiger partial charge >= 0.3 is 0 Å². The van der Waals surface area contributed by atoms with Crippen molar-refractivity contribution in [1.29, 1.82) is 0 Å². The Morgan fingerprint density at radius 3 is 2.65 bits per heavy atom. The van der Waals surface area contributed by atoms with Crippen molar-refractivity contribution in [3.63, 3.8) is 0 Å². The molecule has 0 aliphatic carbocycles. The zero-order valence-electron chi connectivity index (χ0n) is 10.0. The van der Waals surface area contributed by atoms with Gasteiger partial charge < -0.3 is 5.11 Å². The zero-order valence-corrected chi connectivity index (χ0v) is 12.4. The van der Waals surface area contributed by atoms with Crippen molar-refractivity contribution >= 4 is 38.9 Å². The minimum atomic E-state index is -3.72. The summed E-state index contributed by atoms with van der Waals surface area (Å²) in [6, 6.07) is 5.84.